The van der Waals surface area contributed by atoms with Gasteiger partial charge in [0.25, 0.3) is 0 Å². The van der Waals surface area contributed by atoms with E-state index in [2.05, 4.69) is 26.0 Å². The summed E-state index contributed by atoms with van der Waals surface area (Å²) in [6, 6.07) is 3.58. The molecule has 0 aromatic heterocycles. The molecule has 2 rings (SSSR count). The molecule has 1 fully saturated rings. The van der Waals surface area contributed by atoms with Gasteiger partial charge in [0.2, 0.25) is 10.0 Å². The highest BCUT2D eigenvalue weighted by Gasteiger charge is 2.20. The Bertz CT molecular complexity index is 587. The van der Waals surface area contributed by atoms with Crippen LogP contribution in [0.25, 0.3) is 0 Å². The van der Waals surface area contributed by atoms with Crippen molar-refractivity contribution >= 4 is 38.4 Å². The molecule has 120 valence electrons. The lowest BCUT2D eigenvalue weighted by Crippen LogP contribution is -2.38. The monoisotopic (exact) mass is 396 g/mol. The van der Waals surface area contributed by atoms with Crippen LogP contribution in [0.1, 0.15) is 24.0 Å². The van der Waals surface area contributed by atoms with Gasteiger partial charge in [-0.05, 0) is 69.0 Å². The number of rotatable bonds is 4. The SMILES string of the molecule is Cc1cc(S(=O)(=O)NCC2CCCNC2)c(C)cc1Br.Cl. The van der Waals surface area contributed by atoms with E-state index in [4.69, 9.17) is 0 Å². The van der Waals surface area contributed by atoms with Gasteiger partial charge in [-0.1, -0.05) is 15.9 Å². The van der Waals surface area contributed by atoms with E-state index < -0.39 is 10.0 Å². The molecule has 0 aliphatic carbocycles. The van der Waals surface area contributed by atoms with E-state index >= 15 is 0 Å². The van der Waals surface area contributed by atoms with Gasteiger partial charge in [-0.25, -0.2) is 13.1 Å². The number of hydrogen-bond donors (Lipinski definition) is 2. The molecule has 0 radical (unpaired) electrons. The molecular formula is C14H22BrClN2O2S. The number of piperidine rings is 1. The van der Waals surface area contributed by atoms with Crippen molar-refractivity contribution in [3.63, 3.8) is 0 Å². The molecule has 0 amide bonds. The molecule has 0 saturated carbocycles. The Morgan fingerprint density at radius 3 is 2.67 bits per heavy atom. The van der Waals surface area contributed by atoms with Crippen LogP contribution in [-0.2, 0) is 10.0 Å². The highest BCUT2D eigenvalue weighted by atomic mass is 79.9. The second-order valence-electron chi connectivity index (χ2n) is 5.43. The fourth-order valence-corrected chi connectivity index (χ4v) is 4.33. The van der Waals surface area contributed by atoms with Crippen molar-refractivity contribution in [1.29, 1.82) is 0 Å². The summed E-state index contributed by atoms with van der Waals surface area (Å²) in [5, 5.41) is 3.30. The zero-order valence-electron chi connectivity index (χ0n) is 12.3. The van der Waals surface area contributed by atoms with Gasteiger partial charge in [-0.15, -0.1) is 12.4 Å². The van der Waals surface area contributed by atoms with E-state index in [-0.39, 0.29) is 12.4 Å². The minimum absolute atomic E-state index is 0. The molecule has 0 spiro atoms. The third-order valence-electron chi connectivity index (χ3n) is 3.71. The fraction of sp³-hybridized carbons (Fsp3) is 0.571. The van der Waals surface area contributed by atoms with Crippen molar-refractivity contribution in [2.24, 2.45) is 5.92 Å². The molecule has 1 aromatic rings. The summed E-state index contributed by atoms with van der Waals surface area (Å²) in [4.78, 5) is 0.377. The molecule has 2 N–H and O–H groups in total. The summed E-state index contributed by atoms with van der Waals surface area (Å²) in [6.07, 6.45) is 2.19. The molecule has 21 heavy (non-hydrogen) atoms. The first-order valence-electron chi connectivity index (χ1n) is 6.87. The van der Waals surface area contributed by atoms with Crippen LogP contribution in [0, 0.1) is 19.8 Å². The van der Waals surface area contributed by atoms with Gasteiger partial charge in [0.05, 0.1) is 4.90 Å². The predicted octanol–water partition coefficient (Wildman–Crippen LogP) is 2.77. The smallest absolute Gasteiger partial charge is 0.240 e. The van der Waals surface area contributed by atoms with Crippen molar-refractivity contribution in [1.82, 2.24) is 10.0 Å². The average molecular weight is 398 g/mol. The fourth-order valence-electron chi connectivity index (χ4n) is 2.45. The van der Waals surface area contributed by atoms with Crippen molar-refractivity contribution in [2.45, 2.75) is 31.6 Å². The van der Waals surface area contributed by atoms with Crippen LogP contribution in [0.5, 0.6) is 0 Å². The molecule has 1 saturated heterocycles. The quantitative estimate of drug-likeness (QED) is 0.821. The van der Waals surface area contributed by atoms with Gasteiger partial charge in [0.1, 0.15) is 0 Å². The Hall–Kier alpha value is -0.140. The summed E-state index contributed by atoms with van der Waals surface area (Å²) in [6.45, 7) is 6.15. The molecule has 7 heteroatoms. The highest BCUT2D eigenvalue weighted by molar-refractivity contribution is 9.10. The lowest BCUT2D eigenvalue weighted by Gasteiger charge is -2.23. The third kappa shape index (κ3) is 4.93. The van der Waals surface area contributed by atoms with Crippen LogP contribution in [0.15, 0.2) is 21.5 Å². The van der Waals surface area contributed by atoms with Crippen LogP contribution in [-0.4, -0.2) is 28.1 Å². The first-order chi connectivity index (χ1) is 9.40. The van der Waals surface area contributed by atoms with E-state index in [1.165, 1.54) is 0 Å². The summed E-state index contributed by atoms with van der Waals surface area (Å²) in [7, 11) is -3.43. The topological polar surface area (TPSA) is 58.2 Å². The first-order valence-corrected chi connectivity index (χ1v) is 9.15. The lowest BCUT2D eigenvalue weighted by molar-refractivity contribution is 0.376. The summed E-state index contributed by atoms with van der Waals surface area (Å²) < 4.78 is 28.5. The number of benzene rings is 1. The molecule has 1 unspecified atom stereocenters. The van der Waals surface area contributed by atoms with Crippen LogP contribution in [0.2, 0.25) is 0 Å². The zero-order chi connectivity index (χ0) is 14.8. The molecule has 4 nitrogen and oxygen atoms in total. The Morgan fingerprint density at radius 2 is 2.05 bits per heavy atom. The van der Waals surface area contributed by atoms with Gasteiger partial charge in [-0.3, -0.25) is 0 Å². The van der Waals surface area contributed by atoms with Crippen molar-refractivity contribution in [3.8, 4) is 0 Å². The predicted molar refractivity (Wildman–Crippen MR) is 91.6 cm³/mol. The van der Waals surface area contributed by atoms with Crippen LogP contribution >= 0.6 is 28.3 Å². The van der Waals surface area contributed by atoms with Crippen LogP contribution < -0.4 is 10.0 Å². The summed E-state index contributed by atoms with van der Waals surface area (Å²) in [5.74, 6) is 0.385. The Labute approximate surface area is 141 Å². The Morgan fingerprint density at radius 1 is 1.33 bits per heavy atom. The van der Waals surface area contributed by atoms with E-state index in [1.807, 2.05) is 19.9 Å². The van der Waals surface area contributed by atoms with Gasteiger partial charge in [0.15, 0.2) is 0 Å². The maximum Gasteiger partial charge on any atom is 0.240 e. The van der Waals surface area contributed by atoms with Gasteiger partial charge in [-0.2, -0.15) is 0 Å². The molecule has 1 aliphatic rings. The molecule has 0 bridgehead atoms. The summed E-state index contributed by atoms with van der Waals surface area (Å²) in [5.41, 5.74) is 1.69. The average Bonchev–Trinajstić information content (AvgIpc) is 2.42. The minimum Gasteiger partial charge on any atom is -0.316 e. The van der Waals surface area contributed by atoms with E-state index in [0.29, 0.717) is 17.4 Å². The second-order valence-corrected chi connectivity index (χ2v) is 8.02. The molecule has 1 aromatic carbocycles. The number of hydrogen-bond acceptors (Lipinski definition) is 3. The van der Waals surface area contributed by atoms with Crippen LogP contribution in [0.3, 0.4) is 0 Å². The second kappa shape index (κ2) is 7.92. The third-order valence-corrected chi connectivity index (χ3v) is 6.13. The largest absolute Gasteiger partial charge is 0.316 e. The number of sulfonamides is 1. The number of nitrogens with one attached hydrogen (secondary N) is 2. The highest BCUT2D eigenvalue weighted by Crippen LogP contribution is 2.24. The van der Waals surface area contributed by atoms with Crippen molar-refractivity contribution in [2.75, 3.05) is 19.6 Å². The normalized spacial score (nSPS) is 19.1. The molecule has 1 atom stereocenters. The van der Waals surface area contributed by atoms with Crippen LogP contribution in [0.4, 0.5) is 0 Å². The van der Waals surface area contributed by atoms with Gasteiger partial charge >= 0.3 is 0 Å². The molecule has 1 aliphatic heterocycles. The summed E-state index contributed by atoms with van der Waals surface area (Å²) >= 11 is 3.42. The van der Waals surface area contributed by atoms with E-state index in [0.717, 1.165) is 41.5 Å². The lowest BCUT2D eigenvalue weighted by atomic mass is 10.0. The molecular weight excluding hydrogens is 376 g/mol. The van der Waals surface area contributed by atoms with E-state index in [1.54, 1.807) is 6.07 Å². The van der Waals surface area contributed by atoms with Crippen molar-refractivity contribution in [3.05, 3.63) is 27.7 Å². The number of aryl methyl sites for hydroxylation is 2. The van der Waals surface area contributed by atoms with Crippen molar-refractivity contribution < 1.29 is 8.42 Å². The van der Waals surface area contributed by atoms with Gasteiger partial charge < -0.3 is 5.32 Å². The standard InChI is InChI=1S/C14H21BrN2O2S.ClH/c1-10-7-14(11(2)6-13(10)15)20(18,19)17-9-12-4-3-5-16-8-12;/h6-7,12,16-17H,3-5,8-9H2,1-2H3;1H. The first kappa shape index (κ1) is 18.9. The molecule has 1 heterocycles. The zero-order valence-corrected chi connectivity index (χ0v) is 15.5. The number of halogens is 2. The van der Waals surface area contributed by atoms with Gasteiger partial charge in [0, 0.05) is 11.0 Å². The maximum atomic E-state index is 12.4. The Kier molecular flexibility index (Phi) is 7.13. The maximum absolute atomic E-state index is 12.4. The minimum atomic E-state index is -3.43. The Balaban J connectivity index is 0.00000220. The van der Waals surface area contributed by atoms with E-state index in [9.17, 15) is 8.42 Å².